The minimum atomic E-state index is -0.289. The van der Waals surface area contributed by atoms with Crippen molar-refractivity contribution in [2.24, 2.45) is 5.92 Å². The molecular formula is C22H31N3O2S. The number of aromatic nitrogens is 2. The number of carbonyl (C=O) groups excluding carboxylic acids is 1. The molecule has 6 heteroatoms. The van der Waals surface area contributed by atoms with Gasteiger partial charge in [-0.1, -0.05) is 50.6 Å². The maximum absolute atomic E-state index is 13.2. The third-order valence-electron chi connectivity index (χ3n) is 5.19. The summed E-state index contributed by atoms with van der Waals surface area (Å²) >= 11 is 1.38. The van der Waals surface area contributed by atoms with E-state index in [0.29, 0.717) is 28.0 Å². The summed E-state index contributed by atoms with van der Waals surface area (Å²) in [4.78, 5) is 30.4. The van der Waals surface area contributed by atoms with Gasteiger partial charge in [0.15, 0.2) is 5.16 Å². The first-order chi connectivity index (χ1) is 13.4. The highest BCUT2D eigenvalue weighted by Gasteiger charge is 2.27. The smallest absolute Gasteiger partial charge is 0.262 e. The van der Waals surface area contributed by atoms with Gasteiger partial charge in [0.25, 0.3) is 5.56 Å². The molecular weight excluding hydrogens is 370 g/mol. The van der Waals surface area contributed by atoms with Crippen LogP contribution in [-0.4, -0.2) is 26.8 Å². The molecule has 0 saturated heterocycles. The maximum Gasteiger partial charge on any atom is 0.262 e. The van der Waals surface area contributed by atoms with Crippen LogP contribution in [-0.2, 0) is 4.79 Å². The van der Waals surface area contributed by atoms with Gasteiger partial charge in [-0.25, -0.2) is 4.98 Å². The van der Waals surface area contributed by atoms with E-state index in [1.54, 1.807) is 4.57 Å². The number of hydrogen-bond acceptors (Lipinski definition) is 4. The molecule has 0 radical (unpaired) electrons. The summed E-state index contributed by atoms with van der Waals surface area (Å²) < 4.78 is 1.80. The van der Waals surface area contributed by atoms with E-state index in [1.165, 1.54) is 11.8 Å². The summed E-state index contributed by atoms with van der Waals surface area (Å²) in [5, 5.41) is 4.03. The average Bonchev–Trinajstić information content (AvgIpc) is 3.45. The van der Waals surface area contributed by atoms with Crippen molar-refractivity contribution in [1.29, 1.82) is 0 Å². The summed E-state index contributed by atoms with van der Waals surface area (Å²) in [6.45, 7) is 8.40. The Labute approximate surface area is 171 Å². The van der Waals surface area contributed by atoms with Crippen LogP contribution in [0.4, 0.5) is 0 Å². The van der Waals surface area contributed by atoms with Crippen molar-refractivity contribution < 1.29 is 4.79 Å². The molecule has 2 aromatic rings. The fraction of sp³-hybridized carbons (Fsp3) is 0.591. The number of nitrogens with zero attached hydrogens (tertiary/aromatic N) is 2. The van der Waals surface area contributed by atoms with E-state index in [0.717, 1.165) is 32.1 Å². The van der Waals surface area contributed by atoms with Crippen LogP contribution in [0.5, 0.6) is 0 Å². The molecule has 0 bridgehead atoms. The SMILES string of the molecule is CC(C)CCC[C@H](C)n1c(S[C@H](C)C(=O)NC2CC2)nc2ccccc2c1=O. The Morgan fingerprint density at radius 3 is 2.61 bits per heavy atom. The Morgan fingerprint density at radius 2 is 1.93 bits per heavy atom. The zero-order valence-corrected chi connectivity index (χ0v) is 18.1. The second-order valence-electron chi connectivity index (χ2n) is 8.30. The minimum Gasteiger partial charge on any atom is -0.352 e. The lowest BCUT2D eigenvalue weighted by Gasteiger charge is -2.21. The van der Waals surface area contributed by atoms with Gasteiger partial charge in [-0.05, 0) is 51.2 Å². The number of benzene rings is 1. The molecule has 1 fully saturated rings. The molecule has 28 heavy (non-hydrogen) atoms. The number of carbonyl (C=O) groups is 1. The monoisotopic (exact) mass is 401 g/mol. The van der Waals surface area contributed by atoms with E-state index in [2.05, 4.69) is 26.1 Å². The van der Waals surface area contributed by atoms with Crippen LogP contribution in [0.15, 0.2) is 34.2 Å². The minimum absolute atomic E-state index is 0.0139. The van der Waals surface area contributed by atoms with Crippen molar-refractivity contribution in [3.8, 4) is 0 Å². The van der Waals surface area contributed by atoms with Crippen LogP contribution in [0.3, 0.4) is 0 Å². The van der Waals surface area contributed by atoms with Gasteiger partial charge in [0.1, 0.15) is 0 Å². The number of rotatable bonds is 9. The lowest BCUT2D eigenvalue weighted by atomic mass is 10.0. The van der Waals surface area contributed by atoms with E-state index in [4.69, 9.17) is 4.98 Å². The molecule has 1 saturated carbocycles. The highest BCUT2D eigenvalue weighted by atomic mass is 32.2. The second kappa shape index (κ2) is 9.12. The molecule has 1 aromatic heterocycles. The van der Waals surface area contributed by atoms with Crippen LogP contribution < -0.4 is 10.9 Å². The second-order valence-corrected chi connectivity index (χ2v) is 9.61. The normalized spacial score (nSPS) is 16.3. The lowest BCUT2D eigenvalue weighted by molar-refractivity contribution is -0.120. The van der Waals surface area contributed by atoms with Gasteiger partial charge < -0.3 is 5.32 Å². The standard InChI is InChI=1S/C22H31N3O2S/c1-14(2)8-7-9-15(3)25-21(27)18-10-5-6-11-19(18)24-22(25)28-16(4)20(26)23-17-12-13-17/h5-6,10-11,14-17H,7-9,12-13H2,1-4H3,(H,23,26)/t15-,16+/m0/s1. The number of fused-ring (bicyclic) bond motifs is 1. The summed E-state index contributed by atoms with van der Waals surface area (Å²) in [6.07, 6.45) is 5.26. The summed E-state index contributed by atoms with van der Waals surface area (Å²) in [5.74, 6) is 0.674. The molecule has 1 amide bonds. The highest BCUT2D eigenvalue weighted by molar-refractivity contribution is 8.00. The Hall–Kier alpha value is -1.82. The highest BCUT2D eigenvalue weighted by Crippen LogP contribution is 2.28. The predicted octanol–water partition coefficient (Wildman–Crippen LogP) is 4.54. The number of amides is 1. The third kappa shape index (κ3) is 5.16. The first kappa shape index (κ1) is 20.9. The number of para-hydroxylation sites is 1. The number of thioether (sulfide) groups is 1. The van der Waals surface area contributed by atoms with Gasteiger partial charge in [0, 0.05) is 12.1 Å². The van der Waals surface area contributed by atoms with Gasteiger partial charge >= 0.3 is 0 Å². The van der Waals surface area contributed by atoms with Crippen LogP contribution in [0.25, 0.3) is 10.9 Å². The molecule has 1 aromatic carbocycles. The topological polar surface area (TPSA) is 64.0 Å². The van der Waals surface area contributed by atoms with E-state index in [1.807, 2.05) is 31.2 Å². The molecule has 1 N–H and O–H groups in total. The van der Waals surface area contributed by atoms with Gasteiger partial charge in [-0.3, -0.25) is 14.2 Å². The summed E-state index contributed by atoms with van der Waals surface area (Å²) in [7, 11) is 0. The van der Waals surface area contributed by atoms with Gasteiger partial charge in [0.05, 0.1) is 16.2 Å². The van der Waals surface area contributed by atoms with Crippen molar-refractivity contribution in [3.63, 3.8) is 0 Å². The Bertz CT molecular complexity index is 889. The van der Waals surface area contributed by atoms with E-state index >= 15 is 0 Å². The van der Waals surface area contributed by atoms with Crippen molar-refractivity contribution in [3.05, 3.63) is 34.6 Å². The van der Waals surface area contributed by atoms with E-state index in [9.17, 15) is 9.59 Å². The molecule has 0 unspecified atom stereocenters. The summed E-state index contributed by atoms with van der Waals surface area (Å²) in [6, 6.07) is 7.84. The molecule has 152 valence electrons. The van der Waals surface area contributed by atoms with Crippen molar-refractivity contribution in [2.75, 3.05) is 0 Å². The van der Waals surface area contributed by atoms with Crippen LogP contribution in [0.1, 0.15) is 65.8 Å². The quantitative estimate of drug-likeness (QED) is 0.495. The molecule has 1 aliphatic carbocycles. The van der Waals surface area contributed by atoms with Gasteiger partial charge in [-0.2, -0.15) is 0 Å². The molecule has 1 aliphatic rings. The van der Waals surface area contributed by atoms with Crippen LogP contribution >= 0.6 is 11.8 Å². The fourth-order valence-corrected chi connectivity index (χ4v) is 4.32. The van der Waals surface area contributed by atoms with Crippen LogP contribution in [0, 0.1) is 5.92 Å². The maximum atomic E-state index is 13.2. The van der Waals surface area contributed by atoms with E-state index in [-0.39, 0.29) is 22.8 Å². The molecule has 5 nitrogen and oxygen atoms in total. The predicted molar refractivity (Wildman–Crippen MR) is 116 cm³/mol. The average molecular weight is 402 g/mol. The third-order valence-corrected chi connectivity index (χ3v) is 6.26. The molecule has 0 spiro atoms. The molecule has 2 atom stereocenters. The van der Waals surface area contributed by atoms with Gasteiger partial charge in [0.2, 0.25) is 5.91 Å². The molecule has 3 rings (SSSR count). The van der Waals surface area contributed by atoms with Gasteiger partial charge in [-0.15, -0.1) is 0 Å². The Kier molecular flexibility index (Phi) is 6.81. The molecule has 1 heterocycles. The lowest BCUT2D eigenvalue weighted by Crippen LogP contribution is -2.33. The molecule has 0 aliphatic heterocycles. The van der Waals surface area contributed by atoms with Crippen molar-refractivity contribution in [2.45, 2.75) is 82.3 Å². The van der Waals surface area contributed by atoms with E-state index < -0.39 is 0 Å². The largest absolute Gasteiger partial charge is 0.352 e. The Balaban J connectivity index is 1.89. The number of hydrogen-bond donors (Lipinski definition) is 1. The summed E-state index contributed by atoms with van der Waals surface area (Å²) in [5.41, 5.74) is 0.676. The zero-order valence-electron chi connectivity index (χ0n) is 17.3. The van der Waals surface area contributed by atoms with Crippen LogP contribution in [0.2, 0.25) is 0 Å². The number of nitrogens with one attached hydrogen (secondary N) is 1. The first-order valence-corrected chi connectivity index (χ1v) is 11.2. The van der Waals surface area contributed by atoms with Crippen molar-refractivity contribution >= 4 is 28.6 Å². The Morgan fingerprint density at radius 1 is 1.21 bits per heavy atom. The fourth-order valence-electron chi connectivity index (χ4n) is 3.31. The first-order valence-electron chi connectivity index (χ1n) is 10.3. The zero-order chi connectivity index (χ0) is 20.3. The van der Waals surface area contributed by atoms with Crippen molar-refractivity contribution in [1.82, 2.24) is 14.9 Å².